The third-order valence-corrected chi connectivity index (χ3v) is 1.80. The standard InChI is InChI=1S/C6H5BrF2N2/c7-3-1-2-4(8)6(11-10)5(3)9/h1-2,11H,10H2. The molecule has 0 unspecified atom stereocenters. The lowest BCUT2D eigenvalue weighted by molar-refractivity contribution is 0.584. The predicted octanol–water partition coefficient (Wildman–Crippen LogP) is 2.01. The van der Waals surface area contributed by atoms with Crippen LogP contribution in [0.1, 0.15) is 0 Å². The van der Waals surface area contributed by atoms with E-state index in [1.54, 1.807) is 0 Å². The molecule has 0 atom stereocenters. The zero-order valence-electron chi connectivity index (χ0n) is 5.37. The van der Waals surface area contributed by atoms with E-state index in [0.29, 0.717) is 0 Å². The Morgan fingerprint density at radius 1 is 1.36 bits per heavy atom. The number of halogens is 3. The summed E-state index contributed by atoms with van der Waals surface area (Å²) in [5.41, 5.74) is 1.59. The van der Waals surface area contributed by atoms with Crippen molar-refractivity contribution in [3.8, 4) is 0 Å². The summed E-state index contributed by atoms with van der Waals surface area (Å²) >= 11 is 2.88. The Kier molecular flexibility index (Phi) is 2.41. The van der Waals surface area contributed by atoms with Crippen molar-refractivity contribution < 1.29 is 8.78 Å². The van der Waals surface area contributed by atoms with Crippen LogP contribution in [0, 0.1) is 11.6 Å². The van der Waals surface area contributed by atoms with Gasteiger partial charge in [-0.1, -0.05) is 0 Å². The predicted molar refractivity (Wildman–Crippen MR) is 41.9 cm³/mol. The van der Waals surface area contributed by atoms with Crippen LogP contribution in [0.5, 0.6) is 0 Å². The molecule has 1 aromatic carbocycles. The van der Waals surface area contributed by atoms with Crippen LogP contribution in [-0.4, -0.2) is 0 Å². The maximum absolute atomic E-state index is 12.8. The van der Waals surface area contributed by atoms with Crippen molar-refractivity contribution in [2.45, 2.75) is 0 Å². The average molecular weight is 223 g/mol. The molecule has 2 nitrogen and oxygen atoms in total. The summed E-state index contributed by atoms with van der Waals surface area (Å²) in [6, 6.07) is 2.38. The Morgan fingerprint density at radius 3 is 2.45 bits per heavy atom. The molecule has 0 aliphatic carbocycles. The third kappa shape index (κ3) is 1.49. The topological polar surface area (TPSA) is 38.0 Å². The number of rotatable bonds is 1. The fraction of sp³-hybridized carbons (Fsp3) is 0. The second-order valence-corrected chi connectivity index (χ2v) is 2.72. The van der Waals surface area contributed by atoms with Crippen molar-refractivity contribution in [2.75, 3.05) is 5.43 Å². The number of nitrogen functional groups attached to an aromatic ring is 1. The molecule has 0 fully saturated rings. The first kappa shape index (κ1) is 8.42. The van der Waals surface area contributed by atoms with Crippen molar-refractivity contribution in [2.24, 2.45) is 5.84 Å². The van der Waals surface area contributed by atoms with E-state index in [4.69, 9.17) is 5.84 Å². The first-order chi connectivity index (χ1) is 5.16. The van der Waals surface area contributed by atoms with Gasteiger partial charge in [0.15, 0.2) is 11.6 Å². The van der Waals surface area contributed by atoms with E-state index in [9.17, 15) is 8.78 Å². The number of benzene rings is 1. The first-order valence-corrected chi connectivity index (χ1v) is 3.56. The molecule has 0 aliphatic rings. The molecule has 0 saturated carbocycles. The fourth-order valence-corrected chi connectivity index (χ4v) is 0.990. The van der Waals surface area contributed by atoms with E-state index in [2.05, 4.69) is 15.9 Å². The Hall–Kier alpha value is -0.680. The highest BCUT2D eigenvalue weighted by Gasteiger charge is 2.09. The zero-order chi connectivity index (χ0) is 8.43. The van der Waals surface area contributed by atoms with E-state index >= 15 is 0 Å². The van der Waals surface area contributed by atoms with Crippen molar-refractivity contribution in [3.05, 3.63) is 28.2 Å². The minimum Gasteiger partial charge on any atom is -0.319 e. The van der Waals surface area contributed by atoms with E-state index in [1.807, 2.05) is 5.43 Å². The smallest absolute Gasteiger partial charge is 0.164 e. The maximum atomic E-state index is 12.8. The maximum Gasteiger partial charge on any atom is 0.164 e. The normalized spacial score (nSPS) is 9.82. The van der Waals surface area contributed by atoms with Crippen LogP contribution in [0.15, 0.2) is 16.6 Å². The molecule has 0 aromatic heterocycles. The van der Waals surface area contributed by atoms with Gasteiger partial charge in [0.2, 0.25) is 0 Å². The number of anilines is 1. The molecule has 0 bridgehead atoms. The monoisotopic (exact) mass is 222 g/mol. The SMILES string of the molecule is NNc1c(F)ccc(Br)c1F. The van der Waals surface area contributed by atoms with Gasteiger partial charge in [-0.25, -0.2) is 8.78 Å². The molecule has 0 amide bonds. The number of hydrogen-bond acceptors (Lipinski definition) is 2. The summed E-state index contributed by atoms with van der Waals surface area (Å²) in [5.74, 6) is 3.43. The van der Waals surface area contributed by atoms with Crippen molar-refractivity contribution in [3.63, 3.8) is 0 Å². The van der Waals surface area contributed by atoms with E-state index in [0.717, 1.165) is 6.07 Å². The Bertz CT molecular complexity index is 278. The van der Waals surface area contributed by atoms with Gasteiger partial charge in [-0.2, -0.15) is 0 Å². The van der Waals surface area contributed by atoms with Crippen LogP contribution in [0.4, 0.5) is 14.5 Å². The molecule has 11 heavy (non-hydrogen) atoms. The van der Waals surface area contributed by atoms with Crippen molar-refractivity contribution >= 4 is 21.6 Å². The molecule has 0 saturated heterocycles. The van der Waals surface area contributed by atoms with E-state index in [1.165, 1.54) is 6.07 Å². The van der Waals surface area contributed by atoms with Gasteiger partial charge in [0, 0.05) is 0 Å². The molecule has 3 N–H and O–H groups in total. The summed E-state index contributed by atoms with van der Waals surface area (Å²) in [7, 11) is 0. The van der Waals surface area contributed by atoms with E-state index < -0.39 is 11.6 Å². The molecular formula is C6H5BrF2N2. The molecular weight excluding hydrogens is 218 g/mol. The van der Waals surface area contributed by atoms with Gasteiger partial charge < -0.3 is 5.43 Å². The average Bonchev–Trinajstić information content (AvgIpc) is 1.99. The van der Waals surface area contributed by atoms with Gasteiger partial charge >= 0.3 is 0 Å². The highest BCUT2D eigenvalue weighted by Crippen LogP contribution is 2.24. The summed E-state index contributed by atoms with van der Waals surface area (Å²) < 4.78 is 25.6. The number of nitrogens with one attached hydrogen (secondary N) is 1. The molecule has 0 spiro atoms. The molecule has 60 valence electrons. The Morgan fingerprint density at radius 2 is 2.00 bits per heavy atom. The van der Waals surface area contributed by atoms with E-state index in [-0.39, 0.29) is 10.2 Å². The van der Waals surface area contributed by atoms with Crippen LogP contribution < -0.4 is 11.3 Å². The lowest BCUT2D eigenvalue weighted by atomic mass is 10.3. The van der Waals surface area contributed by atoms with Crippen LogP contribution in [0.2, 0.25) is 0 Å². The lowest BCUT2D eigenvalue weighted by Crippen LogP contribution is -2.10. The van der Waals surface area contributed by atoms with Crippen LogP contribution in [0.3, 0.4) is 0 Å². The van der Waals surface area contributed by atoms with Gasteiger partial charge in [-0.3, -0.25) is 5.84 Å². The minimum atomic E-state index is -0.729. The highest BCUT2D eigenvalue weighted by molar-refractivity contribution is 9.10. The summed E-state index contributed by atoms with van der Waals surface area (Å²) in [5, 5.41) is 0. The van der Waals surface area contributed by atoms with Gasteiger partial charge in [0.25, 0.3) is 0 Å². The quantitative estimate of drug-likeness (QED) is 0.434. The molecule has 0 aliphatic heterocycles. The summed E-state index contributed by atoms with van der Waals surface area (Å²) in [4.78, 5) is 0. The highest BCUT2D eigenvalue weighted by atomic mass is 79.9. The summed E-state index contributed by atoms with van der Waals surface area (Å²) in [6.45, 7) is 0. The van der Waals surface area contributed by atoms with Gasteiger partial charge in [-0.15, -0.1) is 0 Å². The molecule has 1 aromatic rings. The van der Waals surface area contributed by atoms with Crippen molar-refractivity contribution in [1.29, 1.82) is 0 Å². The minimum absolute atomic E-state index is 0.173. The summed E-state index contributed by atoms with van der Waals surface area (Å²) in [6.07, 6.45) is 0. The largest absolute Gasteiger partial charge is 0.319 e. The second kappa shape index (κ2) is 3.15. The molecule has 0 radical (unpaired) electrons. The Balaban J connectivity index is 3.29. The van der Waals surface area contributed by atoms with Gasteiger partial charge in [0.1, 0.15) is 5.69 Å². The van der Waals surface area contributed by atoms with Gasteiger partial charge in [-0.05, 0) is 28.1 Å². The lowest BCUT2D eigenvalue weighted by Gasteiger charge is -2.03. The van der Waals surface area contributed by atoms with Crippen LogP contribution >= 0.6 is 15.9 Å². The molecule has 0 heterocycles. The second-order valence-electron chi connectivity index (χ2n) is 1.86. The van der Waals surface area contributed by atoms with Gasteiger partial charge in [0.05, 0.1) is 4.47 Å². The van der Waals surface area contributed by atoms with Crippen LogP contribution in [-0.2, 0) is 0 Å². The fourth-order valence-electron chi connectivity index (χ4n) is 0.659. The number of nitrogens with two attached hydrogens (primary N) is 1. The van der Waals surface area contributed by atoms with Crippen LogP contribution in [0.25, 0.3) is 0 Å². The molecule has 5 heteroatoms. The zero-order valence-corrected chi connectivity index (χ0v) is 6.95. The number of hydrogen-bond donors (Lipinski definition) is 2. The Labute approximate surface area is 70.5 Å². The molecule has 1 rings (SSSR count). The third-order valence-electron chi connectivity index (χ3n) is 1.19. The number of hydrazine groups is 1. The first-order valence-electron chi connectivity index (χ1n) is 2.77. The van der Waals surface area contributed by atoms with Crippen molar-refractivity contribution in [1.82, 2.24) is 0 Å².